The standard InChI is InChI=1S/C40H45NO9/c1-2-3-4-5-6-7-8-9-10-11-12-13-14-15-16-17-18-19-28-37(45)50-40(48)33(29-30-36(43)44)41-38(46)32-25-21-23-27-35(32)49-39(47)31-24-20-22-26-34(31)42/h3-4,6-7,9-10,12-13,15-16,19-28,33,42H,2,5,8,11,14,17-18,29-30H2,1H3,(H,41,46)(H,43,44)/b4-3?,7-6?,10-9?,13-12?,16-15?,28-19+. The lowest BCUT2D eigenvalue weighted by Crippen LogP contribution is -2.43. The maximum absolute atomic E-state index is 13.1. The zero-order valence-corrected chi connectivity index (χ0v) is 28.2. The summed E-state index contributed by atoms with van der Waals surface area (Å²) in [7, 11) is 0. The van der Waals surface area contributed by atoms with Crippen LogP contribution < -0.4 is 10.1 Å². The van der Waals surface area contributed by atoms with Crippen molar-refractivity contribution in [3.63, 3.8) is 0 Å². The number of carboxylic acids is 1. The molecule has 0 aliphatic carbocycles. The van der Waals surface area contributed by atoms with Gasteiger partial charge in [-0.1, -0.05) is 98.0 Å². The van der Waals surface area contributed by atoms with Crippen LogP contribution in [0, 0.1) is 0 Å². The molecule has 10 nitrogen and oxygen atoms in total. The lowest BCUT2D eigenvalue weighted by Gasteiger charge is -2.17. The predicted molar refractivity (Wildman–Crippen MR) is 192 cm³/mol. The van der Waals surface area contributed by atoms with Crippen molar-refractivity contribution in [3.05, 3.63) is 133 Å². The Bertz CT molecular complexity index is 1600. The second kappa shape index (κ2) is 24.4. The predicted octanol–water partition coefficient (Wildman–Crippen LogP) is 7.73. The largest absolute Gasteiger partial charge is 0.507 e. The lowest BCUT2D eigenvalue weighted by molar-refractivity contribution is -0.157. The minimum Gasteiger partial charge on any atom is -0.507 e. The fraction of sp³-hybridized carbons (Fsp3) is 0.275. The van der Waals surface area contributed by atoms with Crippen LogP contribution in [-0.4, -0.2) is 46.0 Å². The highest BCUT2D eigenvalue weighted by Gasteiger charge is 2.27. The molecular weight excluding hydrogens is 638 g/mol. The molecule has 0 fully saturated rings. The molecule has 2 rings (SSSR count). The number of amides is 1. The van der Waals surface area contributed by atoms with Crippen LogP contribution >= 0.6 is 0 Å². The summed E-state index contributed by atoms with van der Waals surface area (Å²) in [5.74, 6) is -5.63. The van der Waals surface area contributed by atoms with Gasteiger partial charge >= 0.3 is 23.9 Å². The van der Waals surface area contributed by atoms with Crippen LogP contribution in [0.3, 0.4) is 0 Å². The maximum Gasteiger partial charge on any atom is 0.347 e. The fourth-order valence-corrected chi connectivity index (χ4v) is 4.24. The van der Waals surface area contributed by atoms with Gasteiger partial charge in [0, 0.05) is 12.5 Å². The number of aliphatic carboxylic acids is 1. The van der Waals surface area contributed by atoms with Gasteiger partial charge in [0.25, 0.3) is 5.91 Å². The van der Waals surface area contributed by atoms with E-state index in [1.807, 2.05) is 12.2 Å². The number of unbranched alkanes of at least 4 members (excludes halogenated alkanes) is 1. The quantitative estimate of drug-likeness (QED) is 0.0299. The van der Waals surface area contributed by atoms with Gasteiger partial charge in [-0.2, -0.15) is 0 Å². The third-order valence-electron chi connectivity index (χ3n) is 6.81. The van der Waals surface area contributed by atoms with Gasteiger partial charge in [0.05, 0.1) is 5.56 Å². The molecule has 1 unspecified atom stereocenters. The van der Waals surface area contributed by atoms with Crippen molar-refractivity contribution in [2.75, 3.05) is 0 Å². The van der Waals surface area contributed by atoms with Gasteiger partial charge in [-0.15, -0.1) is 0 Å². The Hall–Kier alpha value is -5.77. The number of allylic oxidation sites excluding steroid dienone is 11. The van der Waals surface area contributed by atoms with E-state index in [0.717, 1.165) is 38.2 Å². The number of esters is 3. The van der Waals surface area contributed by atoms with Crippen LogP contribution in [0.25, 0.3) is 0 Å². The lowest BCUT2D eigenvalue weighted by atomic mass is 10.1. The average Bonchev–Trinajstić information content (AvgIpc) is 3.09. The number of benzene rings is 2. The van der Waals surface area contributed by atoms with Crippen molar-refractivity contribution in [2.45, 2.75) is 70.8 Å². The highest BCUT2D eigenvalue weighted by molar-refractivity contribution is 6.02. The first-order valence-corrected chi connectivity index (χ1v) is 16.5. The number of carbonyl (C=O) groups excluding carboxylic acids is 4. The first-order chi connectivity index (χ1) is 24.2. The highest BCUT2D eigenvalue weighted by Crippen LogP contribution is 2.23. The molecule has 10 heteroatoms. The van der Waals surface area contributed by atoms with Gasteiger partial charge in [0.1, 0.15) is 23.1 Å². The molecule has 0 radical (unpaired) electrons. The van der Waals surface area contributed by atoms with Gasteiger partial charge in [0.15, 0.2) is 0 Å². The first-order valence-electron chi connectivity index (χ1n) is 16.5. The van der Waals surface area contributed by atoms with E-state index in [1.54, 1.807) is 6.08 Å². The minimum atomic E-state index is -1.49. The van der Waals surface area contributed by atoms with Crippen LogP contribution in [0.4, 0.5) is 0 Å². The molecule has 1 atom stereocenters. The Labute approximate surface area is 293 Å². The Morgan fingerprint density at radius 3 is 1.86 bits per heavy atom. The van der Waals surface area contributed by atoms with Gasteiger partial charge in [-0.05, 0) is 75.6 Å². The average molecular weight is 684 g/mol. The first kappa shape index (κ1) is 40.4. The zero-order valence-electron chi connectivity index (χ0n) is 28.2. The molecule has 0 heterocycles. The summed E-state index contributed by atoms with van der Waals surface area (Å²) in [4.78, 5) is 62.0. The smallest absolute Gasteiger partial charge is 0.347 e. The van der Waals surface area contributed by atoms with E-state index in [4.69, 9.17) is 14.6 Å². The van der Waals surface area contributed by atoms with E-state index >= 15 is 0 Å². The Morgan fingerprint density at radius 2 is 1.26 bits per heavy atom. The molecule has 3 N–H and O–H groups in total. The van der Waals surface area contributed by atoms with Gasteiger partial charge in [0.2, 0.25) is 0 Å². The summed E-state index contributed by atoms with van der Waals surface area (Å²) in [6.07, 6.45) is 28.6. The second-order valence-corrected chi connectivity index (χ2v) is 10.8. The fourth-order valence-electron chi connectivity index (χ4n) is 4.24. The number of para-hydroxylation sites is 2. The number of carbonyl (C=O) groups is 5. The van der Waals surface area contributed by atoms with Crippen molar-refractivity contribution in [3.8, 4) is 11.5 Å². The molecule has 0 aliphatic rings. The summed E-state index contributed by atoms with van der Waals surface area (Å²) in [6, 6.07) is 9.87. The number of hydrogen-bond donors (Lipinski definition) is 3. The molecule has 50 heavy (non-hydrogen) atoms. The van der Waals surface area contributed by atoms with E-state index in [2.05, 4.69) is 60.8 Å². The van der Waals surface area contributed by atoms with Crippen LogP contribution in [-0.2, 0) is 19.1 Å². The number of aromatic hydroxyl groups is 1. The summed E-state index contributed by atoms with van der Waals surface area (Å²) >= 11 is 0. The van der Waals surface area contributed by atoms with Crippen LogP contribution in [0.2, 0.25) is 0 Å². The second-order valence-electron chi connectivity index (χ2n) is 10.8. The molecule has 0 aliphatic heterocycles. The number of phenols is 1. The van der Waals surface area contributed by atoms with Crippen molar-refractivity contribution in [1.29, 1.82) is 0 Å². The third kappa shape index (κ3) is 16.9. The summed E-state index contributed by atoms with van der Waals surface area (Å²) < 4.78 is 10.2. The molecule has 0 bridgehead atoms. The molecular formula is C40H45NO9. The van der Waals surface area contributed by atoms with Crippen LogP contribution in [0.5, 0.6) is 11.5 Å². The molecule has 0 saturated heterocycles. The molecule has 0 spiro atoms. The molecule has 0 saturated carbocycles. The van der Waals surface area contributed by atoms with Crippen LogP contribution in [0.15, 0.2) is 121 Å². The van der Waals surface area contributed by atoms with E-state index in [9.17, 15) is 29.1 Å². The number of rotatable bonds is 21. The Kier molecular flexibility index (Phi) is 19.7. The number of ether oxygens (including phenoxy) is 2. The van der Waals surface area contributed by atoms with Crippen molar-refractivity contribution < 1.29 is 43.7 Å². The normalized spacial score (nSPS) is 12.4. The van der Waals surface area contributed by atoms with Gasteiger partial charge < -0.3 is 25.0 Å². The number of phenolic OH excluding ortho intramolecular Hbond substituents is 1. The molecule has 1 amide bonds. The van der Waals surface area contributed by atoms with E-state index in [0.29, 0.717) is 12.8 Å². The Morgan fingerprint density at radius 1 is 0.720 bits per heavy atom. The zero-order chi connectivity index (χ0) is 36.4. The maximum atomic E-state index is 13.1. The molecule has 264 valence electrons. The SMILES string of the molecule is CCC=CCC=CCC=CCC=CCC=CCC/C=C/C(=O)OC(=O)C(CCC(=O)O)NC(=O)c1ccccc1OC(=O)c1ccccc1O. The van der Waals surface area contributed by atoms with Gasteiger partial charge in [-0.3, -0.25) is 9.59 Å². The van der Waals surface area contributed by atoms with E-state index in [1.165, 1.54) is 48.5 Å². The summed E-state index contributed by atoms with van der Waals surface area (Å²) in [5.41, 5.74) is -0.277. The van der Waals surface area contributed by atoms with E-state index in [-0.39, 0.29) is 29.0 Å². The molecule has 2 aromatic rings. The molecule has 0 aromatic heterocycles. The van der Waals surface area contributed by atoms with Crippen molar-refractivity contribution >= 4 is 29.8 Å². The van der Waals surface area contributed by atoms with Crippen LogP contribution in [0.1, 0.15) is 85.4 Å². The van der Waals surface area contributed by atoms with Crippen molar-refractivity contribution in [2.24, 2.45) is 0 Å². The number of carboxylic acid groups (broad SMARTS) is 1. The summed E-state index contributed by atoms with van der Waals surface area (Å²) in [5, 5.41) is 21.5. The number of nitrogens with one attached hydrogen (secondary N) is 1. The van der Waals surface area contributed by atoms with Gasteiger partial charge in [-0.25, -0.2) is 14.4 Å². The number of hydrogen-bond acceptors (Lipinski definition) is 8. The Balaban J connectivity index is 1.82. The topological polar surface area (TPSA) is 156 Å². The molecule has 2 aromatic carbocycles. The van der Waals surface area contributed by atoms with E-state index < -0.39 is 42.2 Å². The minimum absolute atomic E-state index is 0.130. The van der Waals surface area contributed by atoms with Crippen molar-refractivity contribution in [1.82, 2.24) is 5.32 Å². The highest BCUT2D eigenvalue weighted by atomic mass is 16.6. The third-order valence-corrected chi connectivity index (χ3v) is 6.81. The summed E-state index contributed by atoms with van der Waals surface area (Å²) in [6.45, 7) is 2.12. The monoisotopic (exact) mass is 683 g/mol.